The molecule has 2 aromatic carbocycles. The zero-order valence-electron chi connectivity index (χ0n) is 17.1. The molecule has 0 unspecified atom stereocenters. The zero-order valence-corrected chi connectivity index (χ0v) is 18.7. The molecule has 0 spiro atoms. The average molecular weight is 452 g/mol. The van der Waals surface area contributed by atoms with Crippen molar-refractivity contribution in [3.63, 3.8) is 0 Å². The maximum Gasteiger partial charge on any atom is 0.243 e. The van der Waals surface area contributed by atoms with Gasteiger partial charge >= 0.3 is 0 Å². The van der Waals surface area contributed by atoms with Gasteiger partial charge in [-0.15, -0.1) is 11.3 Å². The number of carbonyl (C=O) groups excluding carboxylic acids is 1. The molecule has 0 radical (unpaired) electrons. The number of ketones is 1. The van der Waals surface area contributed by atoms with E-state index >= 15 is 0 Å². The van der Waals surface area contributed by atoms with Crippen LogP contribution >= 0.6 is 11.3 Å². The molecule has 31 heavy (non-hydrogen) atoms. The maximum atomic E-state index is 13.2. The predicted molar refractivity (Wildman–Crippen MR) is 122 cm³/mol. The van der Waals surface area contributed by atoms with Gasteiger partial charge < -0.3 is 0 Å². The van der Waals surface area contributed by atoms with Crippen LogP contribution in [0.5, 0.6) is 0 Å². The van der Waals surface area contributed by atoms with Crippen molar-refractivity contribution < 1.29 is 13.2 Å². The Balaban J connectivity index is 1.70. The smallest absolute Gasteiger partial charge is 0.243 e. The highest BCUT2D eigenvalue weighted by atomic mass is 32.2. The van der Waals surface area contributed by atoms with E-state index in [4.69, 9.17) is 5.10 Å². The third-order valence-corrected chi connectivity index (χ3v) is 7.58. The van der Waals surface area contributed by atoms with Crippen molar-refractivity contribution in [2.45, 2.75) is 18.4 Å². The number of hydrogen-bond donors (Lipinski definition) is 0. The molecule has 0 N–H and O–H groups in total. The minimum Gasteiger partial charge on any atom is -0.295 e. The van der Waals surface area contributed by atoms with Gasteiger partial charge in [0.15, 0.2) is 5.78 Å². The second-order valence-corrected chi connectivity index (χ2v) is 10.1. The van der Waals surface area contributed by atoms with Crippen LogP contribution < -0.4 is 0 Å². The van der Waals surface area contributed by atoms with Crippen molar-refractivity contribution in [1.29, 1.82) is 0 Å². The molecule has 0 saturated carbocycles. The van der Waals surface area contributed by atoms with Gasteiger partial charge in [0.25, 0.3) is 0 Å². The van der Waals surface area contributed by atoms with Crippen LogP contribution in [-0.4, -0.2) is 35.3 Å². The normalized spacial score (nSPS) is 11.7. The highest BCUT2D eigenvalue weighted by Gasteiger charge is 2.24. The van der Waals surface area contributed by atoms with Crippen LogP contribution in [0.3, 0.4) is 0 Å². The van der Waals surface area contributed by atoms with Crippen molar-refractivity contribution in [1.82, 2.24) is 14.1 Å². The number of rotatable bonds is 7. The number of para-hydroxylation sites is 1. The van der Waals surface area contributed by atoms with Gasteiger partial charge in [0.05, 0.1) is 15.5 Å². The summed E-state index contributed by atoms with van der Waals surface area (Å²) in [6.07, 6.45) is 1.86. The molecule has 0 saturated heterocycles. The first-order chi connectivity index (χ1) is 14.9. The molecule has 0 aliphatic carbocycles. The Bertz CT molecular complexity index is 1310. The third kappa shape index (κ3) is 4.36. The van der Waals surface area contributed by atoms with E-state index in [1.54, 1.807) is 28.2 Å². The van der Waals surface area contributed by atoms with E-state index in [2.05, 4.69) is 0 Å². The number of aromatic nitrogens is 2. The number of Topliss-reactive ketones (excluding diaryl/α,β-unsaturated/α-hetero) is 1. The molecule has 0 amide bonds. The average Bonchev–Trinajstić information content (AvgIpc) is 3.44. The Morgan fingerprint density at radius 3 is 2.52 bits per heavy atom. The van der Waals surface area contributed by atoms with E-state index in [0.717, 1.165) is 21.8 Å². The molecular weight excluding hydrogens is 430 g/mol. The fourth-order valence-electron chi connectivity index (χ4n) is 3.24. The van der Waals surface area contributed by atoms with Crippen molar-refractivity contribution in [3.8, 4) is 16.3 Å². The quantitative estimate of drug-likeness (QED) is 0.384. The monoisotopic (exact) mass is 451 g/mol. The van der Waals surface area contributed by atoms with Crippen LogP contribution in [0.15, 0.2) is 83.2 Å². The fourth-order valence-corrected chi connectivity index (χ4v) is 5.18. The van der Waals surface area contributed by atoms with Crippen molar-refractivity contribution in [2.24, 2.45) is 0 Å². The lowest BCUT2D eigenvalue weighted by atomic mass is 10.2. The fraction of sp³-hybridized carbons (Fsp3) is 0.130. The molecular formula is C23H21N3O3S2. The minimum atomic E-state index is -3.79. The summed E-state index contributed by atoms with van der Waals surface area (Å²) in [5, 5.41) is 6.70. The van der Waals surface area contributed by atoms with Crippen LogP contribution in [0, 0.1) is 0 Å². The Labute approximate surface area is 185 Å². The molecule has 158 valence electrons. The van der Waals surface area contributed by atoms with Crippen LogP contribution in [0.1, 0.15) is 22.8 Å². The Morgan fingerprint density at radius 2 is 1.84 bits per heavy atom. The summed E-state index contributed by atoms with van der Waals surface area (Å²) in [6, 6.07) is 19.7. The SMILES string of the molecule is CC(=O)c1cccc(S(=O)(=O)N(C)Cc2cn(-c3ccccc3)nc2-c2cccs2)c1. The number of carbonyl (C=O) groups is 1. The maximum absolute atomic E-state index is 13.2. The van der Waals surface area contributed by atoms with Crippen molar-refractivity contribution in [2.75, 3.05) is 7.05 Å². The molecule has 0 bridgehead atoms. The van der Waals surface area contributed by atoms with Gasteiger partial charge in [-0.3, -0.25) is 4.79 Å². The summed E-state index contributed by atoms with van der Waals surface area (Å²) in [7, 11) is -2.25. The van der Waals surface area contributed by atoms with E-state index in [9.17, 15) is 13.2 Å². The Hall–Kier alpha value is -3.07. The molecule has 0 aliphatic rings. The molecule has 0 fully saturated rings. The van der Waals surface area contributed by atoms with E-state index in [0.29, 0.717) is 5.56 Å². The first kappa shape index (κ1) is 21.2. The second kappa shape index (κ2) is 8.58. The van der Waals surface area contributed by atoms with Gasteiger partial charge in [-0.25, -0.2) is 13.1 Å². The number of nitrogens with zero attached hydrogens (tertiary/aromatic N) is 3. The van der Waals surface area contributed by atoms with Crippen LogP contribution in [-0.2, 0) is 16.6 Å². The lowest BCUT2D eigenvalue weighted by molar-refractivity contribution is 0.101. The molecule has 8 heteroatoms. The predicted octanol–water partition coefficient (Wildman–Crippen LogP) is 4.62. The van der Waals surface area contributed by atoms with Crippen LogP contribution in [0.25, 0.3) is 16.3 Å². The van der Waals surface area contributed by atoms with Gasteiger partial charge in [0, 0.05) is 30.9 Å². The largest absolute Gasteiger partial charge is 0.295 e. The summed E-state index contributed by atoms with van der Waals surface area (Å²) in [5.74, 6) is -0.177. The molecule has 2 heterocycles. The Kier molecular flexibility index (Phi) is 5.86. The molecule has 0 aliphatic heterocycles. The summed E-state index contributed by atoms with van der Waals surface area (Å²) < 4.78 is 29.4. The minimum absolute atomic E-state index is 0.0934. The van der Waals surface area contributed by atoms with E-state index in [-0.39, 0.29) is 17.2 Å². The first-order valence-electron chi connectivity index (χ1n) is 9.61. The number of sulfonamides is 1. The van der Waals surface area contributed by atoms with Crippen LogP contribution in [0.2, 0.25) is 0 Å². The molecule has 0 atom stereocenters. The van der Waals surface area contributed by atoms with E-state index in [1.165, 1.54) is 30.4 Å². The lowest BCUT2D eigenvalue weighted by Crippen LogP contribution is -2.26. The van der Waals surface area contributed by atoms with E-state index < -0.39 is 10.0 Å². The molecule has 4 rings (SSSR count). The molecule has 2 aromatic heterocycles. The Morgan fingerprint density at radius 1 is 1.06 bits per heavy atom. The first-order valence-corrected chi connectivity index (χ1v) is 11.9. The van der Waals surface area contributed by atoms with E-state index in [1.807, 2.05) is 54.0 Å². The van der Waals surface area contributed by atoms with Gasteiger partial charge in [0.1, 0.15) is 5.69 Å². The summed E-state index contributed by atoms with van der Waals surface area (Å²) in [4.78, 5) is 12.7. The van der Waals surface area contributed by atoms with Crippen LogP contribution in [0.4, 0.5) is 0 Å². The van der Waals surface area contributed by atoms with Crippen molar-refractivity contribution in [3.05, 3.63) is 89.4 Å². The van der Waals surface area contributed by atoms with Gasteiger partial charge in [-0.1, -0.05) is 36.4 Å². The summed E-state index contributed by atoms with van der Waals surface area (Å²) in [5.41, 5.74) is 2.80. The standard InChI is InChI=1S/C23H21N3O3S2/c1-17(27)18-8-6-11-21(14-18)31(28,29)25(2)15-19-16-26(20-9-4-3-5-10-20)24-23(19)22-12-7-13-30-22/h3-14,16H,15H2,1-2H3. The highest BCUT2D eigenvalue weighted by molar-refractivity contribution is 7.89. The number of thiophene rings is 1. The number of hydrogen-bond acceptors (Lipinski definition) is 5. The summed E-state index contributed by atoms with van der Waals surface area (Å²) in [6.45, 7) is 1.56. The second-order valence-electron chi connectivity index (χ2n) is 7.11. The van der Waals surface area contributed by atoms with Crippen molar-refractivity contribution >= 4 is 27.1 Å². The zero-order chi connectivity index (χ0) is 22.0. The van der Waals surface area contributed by atoms with Gasteiger partial charge in [-0.2, -0.15) is 9.40 Å². The molecule has 4 aromatic rings. The summed E-state index contributed by atoms with van der Waals surface area (Å²) >= 11 is 1.55. The molecule has 6 nitrogen and oxygen atoms in total. The van der Waals surface area contributed by atoms with Gasteiger partial charge in [-0.05, 0) is 42.6 Å². The lowest BCUT2D eigenvalue weighted by Gasteiger charge is -2.17. The van der Waals surface area contributed by atoms with Gasteiger partial charge in [0.2, 0.25) is 10.0 Å². The number of benzene rings is 2. The third-order valence-electron chi connectivity index (χ3n) is 4.91. The highest BCUT2D eigenvalue weighted by Crippen LogP contribution is 2.29. The topological polar surface area (TPSA) is 72.3 Å².